The van der Waals surface area contributed by atoms with Gasteiger partial charge in [0.2, 0.25) is 5.91 Å². The molecule has 0 heterocycles. The van der Waals surface area contributed by atoms with Crippen molar-refractivity contribution in [3.8, 4) is 16.9 Å². The molecular weight excluding hydrogens is 409 g/mol. The molecule has 3 aromatic carbocycles. The van der Waals surface area contributed by atoms with Crippen LogP contribution >= 0.6 is 0 Å². The average Bonchev–Trinajstić information content (AvgIpc) is 2.73. The monoisotopic (exact) mass is 428 g/mol. The van der Waals surface area contributed by atoms with Gasteiger partial charge in [0.25, 0.3) is 5.91 Å². The maximum absolute atomic E-state index is 13.0. The lowest BCUT2D eigenvalue weighted by Gasteiger charge is -2.14. The summed E-state index contributed by atoms with van der Waals surface area (Å²) < 4.78 is 43.8. The summed E-state index contributed by atoms with van der Waals surface area (Å²) in [5.41, 5.74) is 1.26. The predicted octanol–water partition coefficient (Wildman–Crippen LogP) is 5.59. The predicted molar refractivity (Wildman–Crippen MR) is 112 cm³/mol. The smallest absolute Gasteiger partial charge is 0.416 e. The van der Waals surface area contributed by atoms with Crippen LogP contribution in [0.1, 0.15) is 22.8 Å². The van der Waals surface area contributed by atoms with Gasteiger partial charge < -0.3 is 15.4 Å². The highest BCUT2D eigenvalue weighted by Gasteiger charge is 2.30. The van der Waals surface area contributed by atoms with Crippen molar-refractivity contribution in [2.45, 2.75) is 13.1 Å². The van der Waals surface area contributed by atoms with Crippen molar-refractivity contribution < 1.29 is 27.5 Å². The molecule has 0 fully saturated rings. The van der Waals surface area contributed by atoms with E-state index in [1.165, 1.54) is 26.2 Å². The molecular formula is C23H19F3N2O3. The summed E-state index contributed by atoms with van der Waals surface area (Å²) >= 11 is 0. The molecule has 0 spiro atoms. The number of halogens is 3. The second-order valence-electron chi connectivity index (χ2n) is 6.67. The zero-order valence-corrected chi connectivity index (χ0v) is 16.7. The van der Waals surface area contributed by atoms with Gasteiger partial charge in [-0.05, 0) is 47.5 Å². The van der Waals surface area contributed by atoms with Gasteiger partial charge in [0.05, 0.1) is 18.4 Å². The first-order valence-electron chi connectivity index (χ1n) is 9.22. The number of methoxy groups -OCH3 is 1. The molecule has 0 aliphatic rings. The third-order valence-corrected chi connectivity index (χ3v) is 4.46. The molecule has 2 N–H and O–H groups in total. The molecule has 0 radical (unpaired) electrons. The Balaban J connectivity index is 1.93. The summed E-state index contributed by atoms with van der Waals surface area (Å²) in [4.78, 5) is 24.3. The fourth-order valence-electron chi connectivity index (χ4n) is 3.05. The van der Waals surface area contributed by atoms with Gasteiger partial charge in [0, 0.05) is 18.2 Å². The van der Waals surface area contributed by atoms with Crippen LogP contribution in [-0.2, 0) is 11.0 Å². The second kappa shape index (κ2) is 8.91. The summed E-state index contributed by atoms with van der Waals surface area (Å²) in [6.07, 6.45) is -4.44. The molecule has 3 aromatic rings. The van der Waals surface area contributed by atoms with Crippen LogP contribution in [0, 0.1) is 0 Å². The third kappa shape index (κ3) is 5.22. The second-order valence-corrected chi connectivity index (χ2v) is 6.67. The van der Waals surface area contributed by atoms with Crippen molar-refractivity contribution in [1.82, 2.24) is 0 Å². The highest BCUT2D eigenvalue weighted by molar-refractivity contribution is 6.09. The SMILES string of the molecule is COc1ccc(NC(C)=O)cc1NC(=O)c1ccccc1-c1ccc(C(F)(F)F)cc1. The standard InChI is InChI=1S/C23H19F3N2O3/c1-14(29)27-17-11-12-21(31-2)20(13-17)28-22(30)19-6-4-3-5-18(19)15-7-9-16(10-8-15)23(24,25)26/h3-13H,1-2H3,(H,27,29)(H,28,30). The summed E-state index contributed by atoms with van der Waals surface area (Å²) in [7, 11) is 1.44. The van der Waals surface area contributed by atoms with E-state index in [0.29, 0.717) is 28.3 Å². The summed E-state index contributed by atoms with van der Waals surface area (Å²) in [6.45, 7) is 1.36. The Kier molecular flexibility index (Phi) is 6.29. The van der Waals surface area contributed by atoms with Gasteiger partial charge in [-0.25, -0.2) is 0 Å². The topological polar surface area (TPSA) is 67.4 Å². The molecule has 0 bridgehead atoms. The van der Waals surface area contributed by atoms with Gasteiger partial charge in [-0.3, -0.25) is 9.59 Å². The first-order chi connectivity index (χ1) is 14.7. The molecule has 31 heavy (non-hydrogen) atoms. The van der Waals surface area contributed by atoms with E-state index in [2.05, 4.69) is 10.6 Å². The molecule has 0 aliphatic carbocycles. The van der Waals surface area contributed by atoms with E-state index in [1.807, 2.05) is 0 Å². The van der Waals surface area contributed by atoms with Crippen molar-refractivity contribution in [1.29, 1.82) is 0 Å². The Morgan fingerprint density at radius 2 is 1.58 bits per heavy atom. The lowest BCUT2D eigenvalue weighted by molar-refractivity contribution is -0.137. The van der Waals surface area contributed by atoms with Gasteiger partial charge in [-0.1, -0.05) is 30.3 Å². The van der Waals surface area contributed by atoms with Crippen molar-refractivity contribution in [3.05, 3.63) is 77.9 Å². The maximum Gasteiger partial charge on any atom is 0.416 e. The number of benzene rings is 3. The number of carbonyl (C=O) groups excluding carboxylic acids is 2. The van der Waals surface area contributed by atoms with E-state index in [1.54, 1.807) is 42.5 Å². The molecule has 0 aliphatic heterocycles. The van der Waals surface area contributed by atoms with E-state index in [-0.39, 0.29) is 11.5 Å². The molecule has 5 nitrogen and oxygen atoms in total. The number of nitrogens with one attached hydrogen (secondary N) is 2. The number of carbonyl (C=O) groups is 2. The van der Waals surface area contributed by atoms with Crippen molar-refractivity contribution >= 4 is 23.2 Å². The third-order valence-electron chi connectivity index (χ3n) is 4.46. The maximum atomic E-state index is 13.0. The van der Waals surface area contributed by atoms with Gasteiger partial charge in [-0.15, -0.1) is 0 Å². The molecule has 0 saturated carbocycles. The number of amides is 2. The molecule has 8 heteroatoms. The average molecular weight is 428 g/mol. The van der Waals surface area contributed by atoms with Gasteiger partial charge in [0.1, 0.15) is 5.75 Å². The molecule has 0 atom stereocenters. The van der Waals surface area contributed by atoms with Crippen LogP contribution < -0.4 is 15.4 Å². The van der Waals surface area contributed by atoms with Crippen molar-refractivity contribution in [2.24, 2.45) is 0 Å². The lowest BCUT2D eigenvalue weighted by Crippen LogP contribution is -2.14. The van der Waals surface area contributed by atoms with Gasteiger partial charge in [0.15, 0.2) is 0 Å². The van der Waals surface area contributed by atoms with Crippen LogP contribution in [-0.4, -0.2) is 18.9 Å². The molecule has 0 unspecified atom stereocenters. The van der Waals surface area contributed by atoms with E-state index in [9.17, 15) is 22.8 Å². The van der Waals surface area contributed by atoms with E-state index in [0.717, 1.165) is 12.1 Å². The Morgan fingerprint density at radius 1 is 0.903 bits per heavy atom. The first kappa shape index (κ1) is 21.9. The Hall–Kier alpha value is -3.81. The fourth-order valence-corrected chi connectivity index (χ4v) is 3.05. The number of ether oxygens (including phenoxy) is 1. The van der Waals surface area contributed by atoms with Crippen LogP contribution in [0.2, 0.25) is 0 Å². The lowest BCUT2D eigenvalue weighted by atomic mass is 9.98. The molecule has 3 rings (SSSR count). The fraction of sp³-hybridized carbons (Fsp3) is 0.130. The highest BCUT2D eigenvalue weighted by Crippen LogP contribution is 2.33. The minimum Gasteiger partial charge on any atom is -0.495 e. The Labute approximate surface area is 176 Å². The summed E-state index contributed by atoms with van der Waals surface area (Å²) in [5.74, 6) is -0.363. The Morgan fingerprint density at radius 3 is 2.19 bits per heavy atom. The largest absolute Gasteiger partial charge is 0.495 e. The first-order valence-corrected chi connectivity index (χ1v) is 9.22. The van der Waals surface area contributed by atoms with Gasteiger partial charge in [-0.2, -0.15) is 13.2 Å². The number of alkyl halides is 3. The summed E-state index contributed by atoms with van der Waals surface area (Å²) in [5, 5.41) is 5.37. The number of hydrogen-bond acceptors (Lipinski definition) is 3. The van der Waals surface area contributed by atoms with Crippen molar-refractivity contribution in [3.63, 3.8) is 0 Å². The minimum absolute atomic E-state index is 0.268. The van der Waals surface area contributed by atoms with E-state index >= 15 is 0 Å². The molecule has 160 valence electrons. The zero-order valence-electron chi connectivity index (χ0n) is 16.7. The quantitative estimate of drug-likeness (QED) is 0.557. The molecule has 2 amide bonds. The minimum atomic E-state index is -4.44. The molecule has 0 aromatic heterocycles. The number of hydrogen-bond donors (Lipinski definition) is 2. The van der Waals surface area contributed by atoms with Crippen LogP contribution in [0.15, 0.2) is 66.7 Å². The molecule has 0 saturated heterocycles. The number of anilines is 2. The van der Waals surface area contributed by atoms with E-state index in [4.69, 9.17) is 4.74 Å². The highest BCUT2D eigenvalue weighted by atomic mass is 19.4. The van der Waals surface area contributed by atoms with Crippen LogP contribution in [0.5, 0.6) is 5.75 Å². The van der Waals surface area contributed by atoms with Crippen molar-refractivity contribution in [2.75, 3.05) is 17.7 Å². The number of rotatable bonds is 5. The normalized spacial score (nSPS) is 11.0. The van der Waals surface area contributed by atoms with Crippen LogP contribution in [0.25, 0.3) is 11.1 Å². The Bertz CT molecular complexity index is 1110. The van der Waals surface area contributed by atoms with E-state index < -0.39 is 17.6 Å². The summed E-state index contributed by atoms with van der Waals surface area (Å²) in [6, 6.07) is 16.0. The zero-order chi connectivity index (χ0) is 22.6. The van der Waals surface area contributed by atoms with Gasteiger partial charge >= 0.3 is 6.18 Å². The van der Waals surface area contributed by atoms with Crippen LogP contribution in [0.3, 0.4) is 0 Å². The van der Waals surface area contributed by atoms with Crippen LogP contribution in [0.4, 0.5) is 24.5 Å².